The van der Waals surface area contributed by atoms with E-state index in [0.717, 1.165) is 50.4 Å². The van der Waals surface area contributed by atoms with Crippen molar-refractivity contribution in [2.75, 3.05) is 32.8 Å². The van der Waals surface area contributed by atoms with Gasteiger partial charge in [0.1, 0.15) is 5.82 Å². The van der Waals surface area contributed by atoms with Gasteiger partial charge in [-0.1, -0.05) is 49.4 Å². The molecule has 0 spiro atoms. The molecule has 2 aromatic carbocycles. The van der Waals surface area contributed by atoms with Gasteiger partial charge in [-0.05, 0) is 36.1 Å². The Morgan fingerprint density at radius 2 is 1.79 bits per heavy atom. The highest BCUT2D eigenvalue weighted by Gasteiger charge is 2.24. The van der Waals surface area contributed by atoms with E-state index >= 15 is 0 Å². The number of morpholine rings is 1. The number of halogens is 1. The number of carbonyl (C=O) groups excluding carboxylic acids is 1. The average Bonchev–Trinajstić information content (AvgIpc) is 2.74. The van der Waals surface area contributed by atoms with Crippen molar-refractivity contribution in [1.82, 2.24) is 10.2 Å². The van der Waals surface area contributed by atoms with E-state index in [1.807, 2.05) is 30.3 Å². The first kappa shape index (κ1) is 20.5. The molecule has 1 N–H and O–H groups in total. The zero-order valence-electron chi connectivity index (χ0n) is 16.4. The Morgan fingerprint density at radius 1 is 1.11 bits per heavy atom. The fraction of sp³-hybridized carbons (Fsp3) is 0.435. The highest BCUT2D eigenvalue weighted by Crippen LogP contribution is 2.22. The van der Waals surface area contributed by atoms with E-state index in [4.69, 9.17) is 4.74 Å². The van der Waals surface area contributed by atoms with Crippen LogP contribution in [0, 0.1) is 5.82 Å². The molecular formula is C23H29FN2O2. The van der Waals surface area contributed by atoms with Crippen molar-refractivity contribution in [3.05, 3.63) is 71.5 Å². The highest BCUT2D eigenvalue weighted by atomic mass is 19.1. The molecule has 1 saturated heterocycles. The van der Waals surface area contributed by atoms with Gasteiger partial charge in [0.25, 0.3) is 0 Å². The third-order valence-corrected chi connectivity index (χ3v) is 5.29. The molecule has 4 nitrogen and oxygen atoms in total. The van der Waals surface area contributed by atoms with Crippen LogP contribution in [0.3, 0.4) is 0 Å². The van der Waals surface area contributed by atoms with Crippen molar-refractivity contribution in [1.29, 1.82) is 0 Å². The van der Waals surface area contributed by atoms with Crippen LogP contribution in [0.2, 0.25) is 0 Å². The minimum Gasteiger partial charge on any atom is -0.379 e. The smallest absolute Gasteiger partial charge is 0.228 e. The van der Waals surface area contributed by atoms with E-state index in [1.165, 1.54) is 12.1 Å². The number of benzene rings is 2. The van der Waals surface area contributed by atoms with Gasteiger partial charge in [0.05, 0.1) is 19.1 Å². The Bertz CT molecular complexity index is 730. The third-order valence-electron chi connectivity index (χ3n) is 5.29. The van der Waals surface area contributed by atoms with Gasteiger partial charge in [-0.15, -0.1) is 0 Å². The van der Waals surface area contributed by atoms with E-state index in [9.17, 15) is 9.18 Å². The lowest BCUT2D eigenvalue weighted by Gasteiger charge is -2.31. The molecule has 0 aromatic heterocycles. The molecule has 28 heavy (non-hydrogen) atoms. The van der Waals surface area contributed by atoms with Gasteiger partial charge in [-0.25, -0.2) is 4.39 Å². The van der Waals surface area contributed by atoms with Crippen molar-refractivity contribution < 1.29 is 13.9 Å². The highest BCUT2D eigenvalue weighted by molar-refractivity contribution is 5.84. The van der Waals surface area contributed by atoms with Crippen LogP contribution in [0.1, 0.15) is 30.4 Å². The Morgan fingerprint density at radius 3 is 2.43 bits per heavy atom. The molecule has 0 bridgehead atoms. The molecule has 2 aromatic rings. The number of amides is 1. The van der Waals surface area contributed by atoms with Crippen molar-refractivity contribution in [3.8, 4) is 0 Å². The van der Waals surface area contributed by atoms with Crippen LogP contribution in [0.15, 0.2) is 54.6 Å². The number of ether oxygens (including phenoxy) is 1. The average molecular weight is 384 g/mol. The second kappa shape index (κ2) is 10.3. The molecule has 1 heterocycles. The van der Waals surface area contributed by atoms with Gasteiger partial charge in [0.15, 0.2) is 0 Å². The fourth-order valence-electron chi connectivity index (χ4n) is 3.58. The van der Waals surface area contributed by atoms with Gasteiger partial charge >= 0.3 is 0 Å². The minimum absolute atomic E-state index is 0.0237. The summed E-state index contributed by atoms with van der Waals surface area (Å²) in [7, 11) is 0. The maximum Gasteiger partial charge on any atom is 0.228 e. The molecule has 3 rings (SSSR count). The van der Waals surface area contributed by atoms with Gasteiger partial charge in [-0.2, -0.15) is 0 Å². The maximum absolute atomic E-state index is 13.3. The second-order valence-electron chi connectivity index (χ2n) is 7.32. The fourth-order valence-corrected chi connectivity index (χ4v) is 3.58. The molecule has 1 aliphatic rings. The summed E-state index contributed by atoms with van der Waals surface area (Å²) in [5, 5.41) is 3.25. The molecule has 150 valence electrons. The summed E-state index contributed by atoms with van der Waals surface area (Å²) in [6.07, 6.45) is 1.42. The Hall–Kier alpha value is -2.24. The predicted octanol–water partition coefficient (Wildman–Crippen LogP) is 3.38. The van der Waals surface area contributed by atoms with Crippen LogP contribution in [0.25, 0.3) is 0 Å². The summed E-state index contributed by atoms with van der Waals surface area (Å²) >= 11 is 0. The Labute approximate surface area is 166 Å². The second-order valence-corrected chi connectivity index (χ2v) is 7.32. The molecule has 5 heteroatoms. The molecule has 2 atom stereocenters. The van der Waals surface area contributed by atoms with Crippen LogP contribution >= 0.6 is 0 Å². The Balaban J connectivity index is 1.70. The van der Waals surface area contributed by atoms with Crippen molar-refractivity contribution in [2.24, 2.45) is 0 Å². The molecule has 1 fully saturated rings. The predicted molar refractivity (Wildman–Crippen MR) is 109 cm³/mol. The van der Waals surface area contributed by atoms with E-state index in [-0.39, 0.29) is 23.7 Å². The van der Waals surface area contributed by atoms with Crippen LogP contribution in [-0.4, -0.2) is 49.7 Å². The van der Waals surface area contributed by atoms with Gasteiger partial charge < -0.3 is 10.1 Å². The van der Waals surface area contributed by atoms with Crippen LogP contribution in [0.4, 0.5) is 4.39 Å². The number of rotatable bonds is 8. The molecule has 0 aliphatic carbocycles. The van der Waals surface area contributed by atoms with E-state index in [1.54, 1.807) is 12.1 Å². The van der Waals surface area contributed by atoms with Crippen molar-refractivity contribution in [3.63, 3.8) is 0 Å². The Kier molecular flexibility index (Phi) is 7.57. The van der Waals surface area contributed by atoms with Crippen molar-refractivity contribution in [2.45, 2.75) is 31.7 Å². The summed E-state index contributed by atoms with van der Waals surface area (Å²) in [6, 6.07) is 16.3. The first-order valence-electron chi connectivity index (χ1n) is 10.1. The van der Waals surface area contributed by atoms with Gasteiger partial charge in [0.2, 0.25) is 5.91 Å². The SMILES string of the molecule is CC[C@@H](CN1CCOCC1)NC(=O)[C@H](Cc1ccc(F)cc1)c1ccccc1. The zero-order valence-corrected chi connectivity index (χ0v) is 16.4. The van der Waals surface area contributed by atoms with Gasteiger partial charge in [0, 0.05) is 25.7 Å². The first-order valence-corrected chi connectivity index (χ1v) is 10.1. The number of hydrogen-bond acceptors (Lipinski definition) is 3. The van der Waals surface area contributed by atoms with Crippen LogP contribution in [-0.2, 0) is 16.0 Å². The summed E-state index contributed by atoms with van der Waals surface area (Å²) < 4.78 is 18.7. The first-order chi connectivity index (χ1) is 13.7. The zero-order chi connectivity index (χ0) is 19.8. The number of carbonyl (C=O) groups is 1. The molecule has 1 amide bonds. The van der Waals surface area contributed by atoms with Gasteiger partial charge in [-0.3, -0.25) is 9.69 Å². The van der Waals surface area contributed by atoms with E-state index in [2.05, 4.69) is 17.1 Å². The minimum atomic E-state index is -0.301. The third kappa shape index (κ3) is 5.88. The standard InChI is InChI=1S/C23H29FN2O2/c1-2-21(17-26-12-14-28-15-13-26)25-23(27)22(19-6-4-3-5-7-19)16-18-8-10-20(24)11-9-18/h3-11,21-22H,2,12-17H2,1H3,(H,25,27)/t21-,22+/m0/s1. The quantitative estimate of drug-likeness (QED) is 0.759. The van der Waals surface area contributed by atoms with E-state index < -0.39 is 0 Å². The molecule has 1 aliphatic heterocycles. The monoisotopic (exact) mass is 384 g/mol. The molecule has 0 unspecified atom stereocenters. The molecule has 0 saturated carbocycles. The van der Waals surface area contributed by atoms with E-state index in [0.29, 0.717) is 6.42 Å². The number of nitrogens with zero attached hydrogens (tertiary/aromatic N) is 1. The number of nitrogens with one attached hydrogen (secondary N) is 1. The summed E-state index contributed by atoms with van der Waals surface area (Å²) in [4.78, 5) is 15.5. The summed E-state index contributed by atoms with van der Waals surface area (Å²) in [5.74, 6) is -0.540. The topological polar surface area (TPSA) is 41.6 Å². The number of hydrogen-bond donors (Lipinski definition) is 1. The lowest BCUT2D eigenvalue weighted by Crippen LogP contribution is -2.48. The molecular weight excluding hydrogens is 355 g/mol. The van der Waals surface area contributed by atoms with Crippen LogP contribution in [0.5, 0.6) is 0 Å². The molecule has 0 radical (unpaired) electrons. The lowest BCUT2D eigenvalue weighted by atomic mass is 9.91. The van der Waals surface area contributed by atoms with Crippen LogP contribution < -0.4 is 5.32 Å². The summed E-state index contributed by atoms with van der Waals surface area (Å²) in [5.41, 5.74) is 1.93. The lowest BCUT2D eigenvalue weighted by molar-refractivity contribution is -0.123. The summed E-state index contributed by atoms with van der Waals surface area (Å²) in [6.45, 7) is 6.25. The normalized spacial score (nSPS) is 17.1. The maximum atomic E-state index is 13.3. The van der Waals surface area contributed by atoms with Crippen molar-refractivity contribution >= 4 is 5.91 Å². The largest absolute Gasteiger partial charge is 0.379 e.